The molecule has 1 amide bonds. The van der Waals surface area contributed by atoms with Gasteiger partial charge in [0.15, 0.2) is 6.10 Å². The van der Waals surface area contributed by atoms with Gasteiger partial charge < -0.3 is 19.9 Å². The lowest BCUT2D eigenvalue weighted by atomic mass is 10.0. The number of nitrogens with zero attached hydrogens (tertiary/aromatic N) is 1. The Morgan fingerprint density at radius 3 is 2.41 bits per heavy atom. The van der Waals surface area contributed by atoms with E-state index in [0.29, 0.717) is 0 Å². The van der Waals surface area contributed by atoms with Gasteiger partial charge >= 0.3 is 12.1 Å². The predicted molar refractivity (Wildman–Crippen MR) is 74.0 cm³/mol. The van der Waals surface area contributed by atoms with Crippen LogP contribution in [0, 0.1) is 10.1 Å². The molecule has 0 heterocycles. The molecule has 0 saturated heterocycles. The average Bonchev–Trinajstić information content (AvgIpc) is 2.51. The Bertz CT molecular complexity index is 544. The van der Waals surface area contributed by atoms with Crippen LogP contribution in [0.5, 0.6) is 0 Å². The standard InChI is InChI=1S/C13H16N2O7/c1-3-22-13(18)14-10(11(16)12(17)21-2)8-4-6-9(7-5-8)15(19)20/h4-7,10-11,16H,3H2,1-2H3,(H,14,18)/t10-,11+/m1/s1. The van der Waals surface area contributed by atoms with Gasteiger partial charge in [0.1, 0.15) is 0 Å². The Labute approximate surface area is 126 Å². The van der Waals surface area contributed by atoms with Crippen LogP contribution in [0.25, 0.3) is 0 Å². The van der Waals surface area contributed by atoms with Crippen molar-refractivity contribution in [2.75, 3.05) is 13.7 Å². The molecule has 9 heteroatoms. The number of nitro groups is 1. The van der Waals surface area contributed by atoms with Gasteiger partial charge in [-0.25, -0.2) is 9.59 Å². The Morgan fingerprint density at radius 2 is 1.95 bits per heavy atom. The van der Waals surface area contributed by atoms with Crippen molar-refractivity contribution < 1.29 is 29.1 Å². The number of methoxy groups -OCH3 is 1. The fourth-order valence-corrected chi connectivity index (χ4v) is 1.70. The molecule has 0 aliphatic heterocycles. The van der Waals surface area contributed by atoms with Crippen LogP contribution in [-0.4, -0.2) is 41.9 Å². The number of amides is 1. The fourth-order valence-electron chi connectivity index (χ4n) is 1.70. The monoisotopic (exact) mass is 312 g/mol. The van der Waals surface area contributed by atoms with E-state index >= 15 is 0 Å². The molecule has 0 aromatic heterocycles. The number of aliphatic hydroxyl groups excluding tert-OH is 1. The van der Waals surface area contributed by atoms with E-state index in [1.54, 1.807) is 6.92 Å². The third kappa shape index (κ3) is 4.42. The Morgan fingerprint density at radius 1 is 1.36 bits per heavy atom. The van der Waals surface area contributed by atoms with Crippen LogP contribution in [0.1, 0.15) is 18.5 Å². The number of non-ortho nitro benzene ring substituents is 1. The van der Waals surface area contributed by atoms with Crippen LogP contribution < -0.4 is 5.32 Å². The van der Waals surface area contributed by atoms with E-state index in [4.69, 9.17) is 4.74 Å². The molecule has 0 aliphatic carbocycles. The first-order valence-corrected chi connectivity index (χ1v) is 6.34. The highest BCUT2D eigenvalue weighted by Gasteiger charge is 2.30. The number of ether oxygens (including phenoxy) is 2. The van der Waals surface area contributed by atoms with Gasteiger partial charge in [-0.3, -0.25) is 10.1 Å². The molecule has 0 saturated carbocycles. The normalized spacial score (nSPS) is 12.9. The second kappa shape index (κ2) is 7.93. The second-order valence-electron chi connectivity index (χ2n) is 4.16. The summed E-state index contributed by atoms with van der Waals surface area (Å²) in [5.41, 5.74) is 0.128. The smallest absolute Gasteiger partial charge is 0.407 e. The first kappa shape index (κ1) is 17.4. The van der Waals surface area contributed by atoms with Gasteiger partial charge in [-0.2, -0.15) is 0 Å². The molecule has 0 bridgehead atoms. The number of hydrogen-bond donors (Lipinski definition) is 2. The van der Waals surface area contributed by atoms with Crippen molar-refractivity contribution in [1.82, 2.24) is 5.32 Å². The van der Waals surface area contributed by atoms with Crippen LogP contribution in [0.4, 0.5) is 10.5 Å². The molecule has 0 unspecified atom stereocenters. The minimum absolute atomic E-state index is 0.104. The van der Waals surface area contributed by atoms with E-state index in [9.17, 15) is 24.8 Å². The Balaban J connectivity index is 3.04. The molecule has 0 fully saturated rings. The molecule has 1 rings (SSSR count). The molecule has 22 heavy (non-hydrogen) atoms. The number of carbonyl (C=O) groups is 2. The highest BCUT2D eigenvalue weighted by Crippen LogP contribution is 2.21. The Hall–Kier alpha value is -2.68. The SMILES string of the molecule is CCOC(=O)N[C@H](c1ccc([N+](=O)[O-])cc1)[C@H](O)C(=O)OC. The number of benzene rings is 1. The molecule has 2 atom stereocenters. The van der Waals surface area contributed by atoms with Gasteiger partial charge in [0.2, 0.25) is 0 Å². The average molecular weight is 312 g/mol. The summed E-state index contributed by atoms with van der Waals surface area (Å²) in [5.74, 6) is -0.958. The third-order valence-corrected chi connectivity index (χ3v) is 2.77. The maximum Gasteiger partial charge on any atom is 0.407 e. The number of alkyl carbamates (subject to hydrolysis) is 1. The molecule has 1 aromatic carbocycles. The van der Waals surface area contributed by atoms with Crippen molar-refractivity contribution in [3.05, 3.63) is 39.9 Å². The zero-order valence-corrected chi connectivity index (χ0v) is 12.0. The number of hydrogen-bond acceptors (Lipinski definition) is 7. The van der Waals surface area contributed by atoms with Crippen LogP contribution in [0.15, 0.2) is 24.3 Å². The van der Waals surface area contributed by atoms with Crippen molar-refractivity contribution >= 4 is 17.7 Å². The van der Waals surface area contributed by atoms with Crippen molar-refractivity contribution in [2.24, 2.45) is 0 Å². The molecule has 120 valence electrons. The minimum atomic E-state index is -1.68. The number of rotatable bonds is 6. The van der Waals surface area contributed by atoms with E-state index < -0.39 is 29.1 Å². The van der Waals surface area contributed by atoms with E-state index in [1.165, 1.54) is 24.3 Å². The van der Waals surface area contributed by atoms with E-state index in [2.05, 4.69) is 10.1 Å². The van der Waals surface area contributed by atoms with Crippen LogP contribution in [0.2, 0.25) is 0 Å². The summed E-state index contributed by atoms with van der Waals surface area (Å²) < 4.78 is 9.13. The summed E-state index contributed by atoms with van der Waals surface area (Å²) in [7, 11) is 1.09. The summed E-state index contributed by atoms with van der Waals surface area (Å²) in [6.07, 6.45) is -2.52. The summed E-state index contributed by atoms with van der Waals surface area (Å²) in [6.45, 7) is 1.70. The number of esters is 1. The summed E-state index contributed by atoms with van der Waals surface area (Å²) in [4.78, 5) is 33.0. The molecule has 9 nitrogen and oxygen atoms in total. The molecule has 0 spiro atoms. The van der Waals surface area contributed by atoms with Crippen molar-refractivity contribution in [2.45, 2.75) is 19.1 Å². The number of nitrogens with one attached hydrogen (secondary N) is 1. The lowest BCUT2D eigenvalue weighted by Crippen LogP contribution is -2.41. The quantitative estimate of drug-likeness (QED) is 0.454. The number of carbonyl (C=O) groups excluding carboxylic acids is 2. The van der Waals surface area contributed by atoms with Crippen LogP contribution in [-0.2, 0) is 14.3 Å². The summed E-state index contributed by atoms with van der Waals surface area (Å²) in [6, 6.07) is 3.87. The van der Waals surface area contributed by atoms with Gasteiger partial charge in [-0.05, 0) is 12.5 Å². The van der Waals surface area contributed by atoms with Gasteiger partial charge in [0, 0.05) is 12.1 Å². The van der Waals surface area contributed by atoms with Crippen molar-refractivity contribution in [3.8, 4) is 0 Å². The third-order valence-electron chi connectivity index (χ3n) is 2.77. The lowest BCUT2D eigenvalue weighted by molar-refractivity contribution is -0.384. The zero-order chi connectivity index (χ0) is 16.7. The number of aliphatic hydroxyl groups is 1. The van der Waals surface area contributed by atoms with Crippen molar-refractivity contribution in [1.29, 1.82) is 0 Å². The van der Waals surface area contributed by atoms with E-state index in [1.807, 2.05) is 0 Å². The van der Waals surface area contributed by atoms with Crippen LogP contribution >= 0.6 is 0 Å². The molecule has 0 aliphatic rings. The maximum absolute atomic E-state index is 11.5. The Kier molecular flexibility index (Phi) is 6.26. The maximum atomic E-state index is 11.5. The zero-order valence-electron chi connectivity index (χ0n) is 12.0. The summed E-state index contributed by atoms with van der Waals surface area (Å²) in [5, 5.41) is 22.9. The molecule has 2 N–H and O–H groups in total. The van der Waals surface area contributed by atoms with Gasteiger partial charge in [0.25, 0.3) is 5.69 Å². The predicted octanol–water partition coefficient (Wildman–Crippen LogP) is 0.916. The van der Waals surface area contributed by atoms with Gasteiger partial charge in [0.05, 0.1) is 24.7 Å². The van der Waals surface area contributed by atoms with Gasteiger partial charge in [-0.15, -0.1) is 0 Å². The van der Waals surface area contributed by atoms with Gasteiger partial charge in [-0.1, -0.05) is 12.1 Å². The topological polar surface area (TPSA) is 128 Å². The first-order valence-electron chi connectivity index (χ1n) is 6.34. The molecular weight excluding hydrogens is 296 g/mol. The fraction of sp³-hybridized carbons (Fsp3) is 0.385. The molecule has 1 aromatic rings. The molecular formula is C13H16N2O7. The summed E-state index contributed by atoms with van der Waals surface area (Å²) >= 11 is 0. The first-order chi connectivity index (χ1) is 10.4. The molecule has 0 radical (unpaired) electrons. The lowest BCUT2D eigenvalue weighted by Gasteiger charge is -2.22. The minimum Gasteiger partial charge on any atom is -0.467 e. The van der Waals surface area contributed by atoms with E-state index in [-0.39, 0.29) is 17.9 Å². The number of nitro benzene ring substituents is 1. The van der Waals surface area contributed by atoms with Crippen molar-refractivity contribution in [3.63, 3.8) is 0 Å². The second-order valence-corrected chi connectivity index (χ2v) is 4.16. The highest BCUT2D eigenvalue weighted by molar-refractivity contribution is 5.77. The largest absolute Gasteiger partial charge is 0.467 e. The highest BCUT2D eigenvalue weighted by atomic mass is 16.6. The van der Waals surface area contributed by atoms with Crippen LogP contribution in [0.3, 0.4) is 0 Å². The van der Waals surface area contributed by atoms with E-state index in [0.717, 1.165) is 7.11 Å².